The Balaban J connectivity index is 2.41. The molecular weight excluding hydrogens is 248 g/mol. The summed E-state index contributed by atoms with van der Waals surface area (Å²) in [4.78, 5) is 10.0. The Hall–Kier alpha value is -1.47. The molecule has 1 aromatic heterocycles. The summed E-state index contributed by atoms with van der Waals surface area (Å²) >= 11 is 0. The molecule has 0 aromatic carbocycles. The Bertz CT molecular complexity index is 405. The van der Waals surface area contributed by atoms with Gasteiger partial charge in [-0.2, -0.15) is 5.10 Å². The van der Waals surface area contributed by atoms with Crippen molar-refractivity contribution in [3.63, 3.8) is 0 Å². The lowest BCUT2D eigenvalue weighted by atomic mass is 10.0. The van der Waals surface area contributed by atoms with E-state index in [-0.39, 0.29) is 12.2 Å². The van der Waals surface area contributed by atoms with Gasteiger partial charge in [-0.1, -0.05) is 20.8 Å². The number of aromatic nitrogens is 2. The van der Waals surface area contributed by atoms with Gasteiger partial charge in [-0.05, 0) is 12.3 Å². The fourth-order valence-electron chi connectivity index (χ4n) is 1.97. The van der Waals surface area contributed by atoms with Crippen LogP contribution in [0.15, 0.2) is 12.4 Å². The lowest BCUT2D eigenvalue weighted by Gasteiger charge is -2.22. The van der Waals surface area contributed by atoms with Crippen LogP contribution in [0.25, 0.3) is 0 Å². The Morgan fingerprint density at radius 3 is 2.74 bits per heavy atom. The van der Waals surface area contributed by atoms with E-state index in [1.807, 2.05) is 0 Å². The Morgan fingerprint density at radius 1 is 1.58 bits per heavy atom. The minimum absolute atomic E-state index is 0.0613. The monoisotopic (exact) mass is 270 g/mol. The van der Waals surface area contributed by atoms with Gasteiger partial charge < -0.3 is 10.4 Å². The maximum atomic E-state index is 10.5. The first kappa shape index (κ1) is 15.6. The van der Waals surface area contributed by atoms with Crippen LogP contribution in [0.3, 0.4) is 0 Å². The highest BCUT2D eigenvalue weighted by Crippen LogP contribution is 2.08. The topological polar surface area (TPSA) is 93.2 Å². The van der Waals surface area contributed by atoms with E-state index in [1.54, 1.807) is 0 Å². The molecule has 1 aromatic rings. The van der Waals surface area contributed by atoms with Crippen LogP contribution in [0, 0.1) is 16.0 Å². The average molecular weight is 270 g/mol. The van der Waals surface area contributed by atoms with Crippen molar-refractivity contribution in [3.8, 4) is 0 Å². The molecule has 0 aliphatic heterocycles. The van der Waals surface area contributed by atoms with E-state index in [4.69, 9.17) is 0 Å². The van der Waals surface area contributed by atoms with Gasteiger partial charge in [0, 0.05) is 12.6 Å². The van der Waals surface area contributed by atoms with Gasteiger partial charge in [0.15, 0.2) is 0 Å². The highest BCUT2D eigenvalue weighted by Gasteiger charge is 2.14. The second kappa shape index (κ2) is 7.20. The minimum Gasteiger partial charge on any atom is -0.390 e. The number of nitrogens with zero attached hydrogens (tertiary/aromatic N) is 3. The van der Waals surface area contributed by atoms with E-state index in [0.29, 0.717) is 18.5 Å². The standard InChI is InChI=1S/C12H22N4O3/c1-4-12(9(2)3)13-6-11(17)8-15-7-10(5-14-15)16(18)19/h5,7,9,11-13,17H,4,6,8H2,1-3H3. The van der Waals surface area contributed by atoms with E-state index in [0.717, 1.165) is 6.42 Å². The van der Waals surface area contributed by atoms with Crippen molar-refractivity contribution in [3.05, 3.63) is 22.5 Å². The summed E-state index contributed by atoms with van der Waals surface area (Å²) < 4.78 is 1.39. The van der Waals surface area contributed by atoms with Gasteiger partial charge in [0.2, 0.25) is 0 Å². The molecule has 0 bridgehead atoms. The predicted molar refractivity (Wildman–Crippen MR) is 71.8 cm³/mol. The van der Waals surface area contributed by atoms with Crippen LogP contribution in [0.5, 0.6) is 0 Å². The van der Waals surface area contributed by atoms with Crippen molar-refractivity contribution in [2.75, 3.05) is 6.54 Å². The molecule has 0 aliphatic rings. The van der Waals surface area contributed by atoms with E-state index in [9.17, 15) is 15.2 Å². The van der Waals surface area contributed by atoms with Crippen molar-refractivity contribution in [2.24, 2.45) is 5.92 Å². The number of nitrogens with one attached hydrogen (secondary N) is 1. The molecule has 2 unspecified atom stereocenters. The summed E-state index contributed by atoms with van der Waals surface area (Å²) in [5.41, 5.74) is -0.0613. The van der Waals surface area contributed by atoms with Crippen molar-refractivity contribution < 1.29 is 10.0 Å². The van der Waals surface area contributed by atoms with Gasteiger partial charge in [-0.15, -0.1) is 0 Å². The molecule has 0 radical (unpaired) electrons. The SMILES string of the molecule is CCC(NCC(O)Cn1cc([N+](=O)[O-])cn1)C(C)C. The first-order chi connectivity index (χ1) is 8.93. The maximum Gasteiger partial charge on any atom is 0.306 e. The van der Waals surface area contributed by atoms with E-state index >= 15 is 0 Å². The molecule has 7 nitrogen and oxygen atoms in total. The number of rotatable bonds is 8. The van der Waals surface area contributed by atoms with E-state index < -0.39 is 11.0 Å². The number of hydrogen-bond acceptors (Lipinski definition) is 5. The number of hydrogen-bond donors (Lipinski definition) is 2. The molecule has 0 saturated carbocycles. The van der Waals surface area contributed by atoms with Gasteiger partial charge in [-0.25, -0.2) is 0 Å². The quantitative estimate of drug-likeness (QED) is 0.546. The third kappa shape index (κ3) is 4.96. The molecule has 7 heteroatoms. The molecule has 2 N–H and O–H groups in total. The van der Waals surface area contributed by atoms with Crippen LogP contribution in [0.4, 0.5) is 5.69 Å². The maximum absolute atomic E-state index is 10.5. The fourth-order valence-corrected chi connectivity index (χ4v) is 1.97. The van der Waals surface area contributed by atoms with Crippen LogP contribution in [0.2, 0.25) is 0 Å². The summed E-state index contributed by atoms with van der Waals surface area (Å²) in [6.45, 7) is 7.05. The van der Waals surface area contributed by atoms with Gasteiger partial charge in [0.25, 0.3) is 0 Å². The van der Waals surface area contributed by atoms with Crippen molar-refractivity contribution >= 4 is 5.69 Å². The first-order valence-corrected chi connectivity index (χ1v) is 6.52. The number of aliphatic hydroxyl groups is 1. The Labute approximate surface area is 112 Å². The highest BCUT2D eigenvalue weighted by molar-refractivity contribution is 5.20. The zero-order chi connectivity index (χ0) is 14.4. The van der Waals surface area contributed by atoms with Gasteiger partial charge in [0.05, 0.1) is 17.6 Å². The molecule has 108 valence electrons. The molecule has 19 heavy (non-hydrogen) atoms. The van der Waals surface area contributed by atoms with Crippen LogP contribution in [-0.4, -0.2) is 38.5 Å². The van der Waals surface area contributed by atoms with Crippen LogP contribution in [0.1, 0.15) is 27.2 Å². The molecule has 0 saturated heterocycles. The first-order valence-electron chi connectivity index (χ1n) is 6.52. The van der Waals surface area contributed by atoms with Crippen LogP contribution in [-0.2, 0) is 6.54 Å². The van der Waals surface area contributed by atoms with Crippen LogP contribution >= 0.6 is 0 Å². The molecule has 2 atom stereocenters. The van der Waals surface area contributed by atoms with Crippen molar-refractivity contribution in [1.82, 2.24) is 15.1 Å². The Morgan fingerprint density at radius 2 is 2.26 bits per heavy atom. The minimum atomic E-state index is -0.618. The highest BCUT2D eigenvalue weighted by atomic mass is 16.6. The fraction of sp³-hybridized carbons (Fsp3) is 0.750. The lowest BCUT2D eigenvalue weighted by Crippen LogP contribution is -2.39. The second-order valence-electron chi connectivity index (χ2n) is 5.00. The lowest BCUT2D eigenvalue weighted by molar-refractivity contribution is -0.385. The zero-order valence-electron chi connectivity index (χ0n) is 11.6. The molecule has 0 fully saturated rings. The summed E-state index contributed by atoms with van der Waals surface area (Å²) in [6, 6.07) is 0.363. The predicted octanol–water partition coefficient (Wildman–Crippen LogP) is 1.18. The normalized spacial score (nSPS) is 14.6. The second-order valence-corrected chi connectivity index (χ2v) is 5.00. The third-order valence-electron chi connectivity index (χ3n) is 3.09. The molecule has 0 amide bonds. The number of nitro groups is 1. The Kier molecular flexibility index (Phi) is 5.91. The largest absolute Gasteiger partial charge is 0.390 e. The zero-order valence-corrected chi connectivity index (χ0v) is 11.6. The molecule has 1 rings (SSSR count). The average Bonchev–Trinajstić information content (AvgIpc) is 2.78. The third-order valence-corrected chi connectivity index (χ3v) is 3.09. The van der Waals surface area contributed by atoms with Crippen molar-refractivity contribution in [2.45, 2.75) is 45.9 Å². The van der Waals surface area contributed by atoms with E-state index in [1.165, 1.54) is 17.1 Å². The van der Waals surface area contributed by atoms with Gasteiger partial charge in [-0.3, -0.25) is 14.8 Å². The number of aliphatic hydroxyl groups excluding tert-OH is 1. The summed E-state index contributed by atoms with van der Waals surface area (Å²) in [6.07, 6.45) is 2.89. The molecular formula is C12H22N4O3. The van der Waals surface area contributed by atoms with Crippen LogP contribution < -0.4 is 5.32 Å². The smallest absolute Gasteiger partial charge is 0.306 e. The molecule has 0 aliphatic carbocycles. The molecule has 1 heterocycles. The summed E-state index contributed by atoms with van der Waals surface area (Å²) in [5, 5.41) is 27.5. The van der Waals surface area contributed by atoms with Gasteiger partial charge in [0.1, 0.15) is 12.4 Å². The summed E-state index contributed by atoms with van der Waals surface area (Å²) in [7, 11) is 0. The summed E-state index contributed by atoms with van der Waals surface area (Å²) in [5.74, 6) is 0.503. The van der Waals surface area contributed by atoms with Crippen molar-refractivity contribution in [1.29, 1.82) is 0 Å². The van der Waals surface area contributed by atoms with E-state index in [2.05, 4.69) is 31.2 Å². The molecule has 0 spiro atoms. The van der Waals surface area contributed by atoms with Gasteiger partial charge >= 0.3 is 5.69 Å².